The minimum Gasteiger partial charge on any atom is -0.468 e. The summed E-state index contributed by atoms with van der Waals surface area (Å²) in [4.78, 5) is 14.5. The highest BCUT2D eigenvalue weighted by Gasteiger charge is 2.23. The maximum atomic E-state index is 12.5. The molecule has 0 bridgehead atoms. The van der Waals surface area contributed by atoms with E-state index in [0.29, 0.717) is 18.1 Å². The van der Waals surface area contributed by atoms with Crippen molar-refractivity contribution >= 4 is 17.7 Å². The molecular formula is C17H22N2O3S. The largest absolute Gasteiger partial charge is 0.468 e. The van der Waals surface area contributed by atoms with Crippen LogP contribution >= 0.6 is 11.8 Å². The second kappa shape index (κ2) is 7.25. The lowest BCUT2D eigenvalue weighted by atomic mass is 10.1. The van der Waals surface area contributed by atoms with Crippen molar-refractivity contribution in [1.29, 1.82) is 0 Å². The van der Waals surface area contributed by atoms with E-state index in [9.17, 15) is 4.79 Å². The molecular weight excluding hydrogens is 312 g/mol. The van der Waals surface area contributed by atoms with E-state index in [0.717, 1.165) is 48.0 Å². The Morgan fingerprint density at radius 2 is 2.30 bits per heavy atom. The second-order valence-corrected chi connectivity index (χ2v) is 7.16. The highest BCUT2D eigenvalue weighted by atomic mass is 32.2. The van der Waals surface area contributed by atoms with Crippen LogP contribution in [0.5, 0.6) is 0 Å². The van der Waals surface area contributed by atoms with Gasteiger partial charge in [-0.1, -0.05) is 5.16 Å². The van der Waals surface area contributed by atoms with Gasteiger partial charge in [-0.15, -0.1) is 11.8 Å². The van der Waals surface area contributed by atoms with Crippen molar-refractivity contribution in [3.05, 3.63) is 41.2 Å². The molecule has 1 saturated heterocycles. The number of hydrogen-bond acceptors (Lipinski definition) is 5. The van der Waals surface area contributed by atoms with Crippen LogP contribution in [-0.2, 0) is 11.2 Å². The van der Waals surface area contributed by atoms with E-state index < -0.39 is 0 Å². The highest BCUT2D eigenvalue weighted by Crippen LogP contribution is 2.34. The molecule has 1 aliphatic rings. The molecule has 1 amide bonds. The Bertz CT molecular complexity index is 631. The van der Waals surface area contributed by atoms with Crippen LogP contribution in [0.2, 0.25) is 0 Å². The minimum atomic E-state index is 0.214. The summed E-state index contributed by atoms with van der Waals surface area (Å²) in [7, 11) is 0. The highest BCUT2D eigenvalue weighted by molar-refractivity contribution is 7.99. The zero-order chi connectivity index (χ0) is 16.2. The summed E-state index contributed by atoms with van der Waals surface area (Å²) in [6.07, 6.45) is 3.87. The van der Waals surface area contributed by atoms with Crippen LogP contribution < -0.4 is 0 Å². The Labute approximate surface area is 140 Å². The van der Waals surface area contributed by atoms with Gasteiger partial charge >= 0.3 is 0 Å². The Balaban J connectivity index is 1.54. The Hall–Kier alpha value is -1.69. The number of aromatic nitrogens is 1. The van der Waals surface area contributed by atoms with Gasteiger partial charge in [-0.05, 0) is 38.8 Å². The predicted molar refractivity (Wildman–Crippen MR) is 89.4 cm³/mol. The van der Waals surface area contributed by atoms with Crippen LogP contribution in [0.1, 0.15) is 40.9 Å². The standard InChI is InChI=1S/C17H22N2O3S/c1-12-14(13(2)22-18-12)5-6-17(20)19-8-7-16(23-11-9-19)15-4-3-10-21-15/h3-4,10,16H,5-9,11H2,1-2H3/t16-/m1/s1. The van der Waals surface area contributed by atoms with E-state index in [4.69, 9.17) is 8.94 Å². The van der Waals surface area contributed by atoms with Gasteiger partial charge in [0, 0.05) is 30.8 Å². The fourth-order valence-electron chi connectivity index (χ4n) is 2.97. The Kier molecular flexibility index (Phi) is 5.10. The Morgan fingerprint density at radius 3 is 3.00 bits per heavy atom. The van der Waals surface area contributed by atoms with Crippen molar-refractivity contribution in [2.75, 3.05) is 18.8 Å². The summed E-state index contributed by atoms with van der Waals surface area (Å²) < 4.78 is 10.7. The van der Waals surface area contributed by atoms with Crippen molar-refractivity contribution in [2.24, 2.45) is 0 Å². The van der Waals surface area contributed by atoms with Crippen LogP contribution in [0.25, 0.3) is 0 Å². The summed E-state index contributed by atoms with van der Waals surface area (Å²) >= 11 is 1.87. The van der Waals surface area contributed by atoms with Gasteiger partial charge in [0.25, 0.3) is 0 Å². The summed E-state index contributed by atoms with van der Waals surface area (Å²) in [5.74, 6) is 2.99. The Morgan fingerprint density at radius 1 is 1.43 bits per heavy atom. The molecule has 0 radical (unpaired) electrons. The van der Waals surface area contributed by atoms with E-state index >= 15 is 0 Å². The van der Waals surface area contributed by atoms with Crippen molar-refractivity contribution in [2.45, 2.75) is 38.4 Å². The van der Waals surface area contributed by atoms with Crippen LogP contribution in [0.3, 0.4) is 0 Å². The number of rotatable bonds is 4. The van der Waals surface area contributed by atoms with Gasteiger partial charge in [0.05, 0.1) is 17.2 Å². The molecule has 0 aromatic carbocycles. The van der Waals surface area contributed by atoms with Gasteiger partial charge in [-0.3, -0.25) is 4.79 Å². The number of carbonyl (C=O) groups excluding carboxylic acids is 1. The molecule has 0 aliphatic carbocycles. The number of furan rings is 1. The summed E-state index contributed by atoms with van der Waals surface area (Å²) in [6, 6.07) is 3.94. The van der Waals surface area contributed by atoms with E-state index in [2.05, 4.69) is 5.16 Å². The van der Waals surface area contributed by atoms with Crippen molar-refractivity contribution < 1.29 is 13.7 Å². The van der Waals surface area contributed by atoms with Crippen LogP contribution in [-0.4, -0.2) is 34.8 Å². The van der Waals surface area contributed by atoms with Gasteiger partial charge in [0.1, 0.15) is 11.5 Å². The minimum absolute atomic E-state index is 0.214. The quantitative estimate of drug-likeness (QED) is 0.856. The first-order chi connectivity index (χ1) is 11.1. The van der Waals surface area contributed by atoms with E-state index in [-0.39, 0.29) is 5.91 Å². The normalized spacial score (nSPS) is 18.9. The number of hydrogen-bond donors (Lipinski definition) is 0. The third-order valence-corrected chi connectivity index (χ3v) is 5.61. The molecule has 0 N–H and O–H groups in total. The van der Waals surface area contributed by atoms with Gasteiger partial charge in [0.15, 0.2) is 0 Å². The van der Waals surface area contributed by atoms with Crippen LogP contribution in [0.4, 0.5) is 0 Å². The maximum Gasteiger partial charge on any atom is 0.222 e. The first-order valence-corrected chi connectivity index (χ1v) is 9.04. The van der Waals surface area contributed by atoms with Gasteiger partial charge in [0.2, 0.25) is 5.91 Å². The second-order valence-electron chi connectivity index (χ2n) is 5.85. The van der Waals surface area contributed by atoms with E-state index in [1.54, 1.807) is 6.26 Å². The molecule has 6 heteroatoms. The molecule has 3 heterocycles. The molecule has 0 saturated carbocycles. The van der Waals surface area contributed by atoms with Gasteiger partial charge in [-0.2, -0.15) is 0 Å². The lowest BCUT2D eigenvalue weighted by molar-refractivity contribution is -0.130. The summed E-state index contributed by atoms with van der Waals surface area (Å²) in [5, 5.41) is 4.30. The number of thioether (sulfide) groups is 1. The molecule has 3 rings (SSSR count). The molecule has 5 nitrogen and oxygen atoms in total. The molecule has 1 fully saturated rings. The zero-order valence-corrected chi connectivity index (χ0v) is 14.4. The van der Waals surface area contributed by atoms with Crippen LogP contribution in [0, 0.1) is 13.8 Å². The van der Waals surface area contributed by atoms with Crippen molar-refractivity contribution in [3.8, 4) is 0 Å². The zero-order valence-electron chi connectivity index (χ0n) is 13.6. The maximum absolute atomic E-state index is 12.5. The molecule has 1 atom stereocenters. The lowest BCUT2D eigenvalue weighted by Crippen LogP contribution is -2.33. The van der Waals surface area contributed by atoms with Crippen molar-refractivity contribution in [1.82, 2.24) is 10.1 Å². The monoisotopic (exact) mass is 334 g/mol. The first-order valence-electron chi connectivity index (χ1n) is 7.99. The predicted octanol–water partition coefficient (Wildman–Crippen LogP) is 3.52. The molecule has 23 heavy (non-hydrogen) atoms. The number of aryl methyl sites for hydroxylation is 2. The molecule has 0 spiro atoms. The van der Waals surface area contributed by atoms with Crippen LogP contribution in [0.15, 0.2) is 27.3 Å². The SMILES string of the molecule is Cc1noc(C)c1CCC(=O)N1CCS[C@@H](c2ccco2)CC1. The first kappa shape index (κ1) is 16.2. The summed E-state index contributed by atoms with van der Waals surface area (Å²) in [6.45, 7) is 5.42. The molecule has 0 unspecified atom stereocenters. The average molecular weight is 334 g/mol. The third kappa shape index (κ3) is 3.80. The molecule has 2 aromatic rings. The third-order valence-electron chi connectivity index (χ3n) is 4.32. The van der Waals surface area contributed by atoms with E-state index in [1.807, 2.05) is 42.6 Å². The van der Waals surface area contributed by atoms with Gasteiger partial charge < -0.3 is 13.8 Å². The smallest absolute Gasteiger partial charge is 0.222 e. The molecule has 1 aliphatic heterocycles. The topological polar surface area (TPSA) is 59.5 Å². The summed E-state index contributed by atoms with van der Waals surface area (Å²) in [5.41, 5.74) is 1.95. The number of carbonyl (C=O) groups is 1. The van der Waals surface area contributed by atoms with Crippen molar-refractivity contribution in [3.63, 3.8) is 0 Å². The average Bonchev–Trinajstić information content (AvgIpc) is 3.10. The van der Waals surface area contributed by atoms with E-state index in [1.165, 1.54) is 0 Å². The number of nitrogens with zero attached hydrogens (tertiary/aromatic N) is 2. The fourth-order valence-corrected chi connectivity index (χ4v) is 4.15. The number of amides is 1. The molecule has 2 aromatic heterocycles. The fraction of sp³-hybridized carbons (Fsp3) is 0.529. The lowest BCUT2D eigenvalue weighted by Gasteiger charge is -2.20. The van der Waals surface area contributed by atoms with Gasteiger partial charge in [-0.25, -0.2) is 0 Å². The molecule has 124 valence electrons.